The van der Waals surface area contributed by atoms with E-state index in [0.29, 0.717) is 56.8 Å². The summed E-state index contributed by atoms with van der Waals surface area (Å²) in [5.41, 5.74) is 4.75. The molecule has 3 aromatic carbocycles. The molecule has 1 N–H and O–H groups in total. The van der Waals surface area contributed by atoms with Gasteiger partial charge in [0, 0.05) is 56.8 Å². The van der Waals surface area contributed by atoms with E-state index in [4.69, 9.17) is 0 Å². The Morgan fingerprint density at radius 2 is 1.65 bits per heavy atom. The Kier molecular flexibility index (Phi) is 6.89. The first-order valence-electron chi connectivity index (χ1n) is 13.5. The third kappa shape index (κ3) is 5.00. The molecule has 6 rings (SSSR count). The van der Waals surface area contributed by atoms with E-state index < -0.39 is 11.9 Å². The monoisotopic (exact) mass is 540 g/mol. The lowest BCUT2D eigenvalue weighted by molar-refractivity contribution is -0.136. The van der Waals surface area contributed by atoms with Gasteiger partial charge in [0.2, 0.25) is 11.8 Å². The number of carbonyl (C=O) groups excluding carboxylic acids is 4. The van der Waals surface area contributed by atoms with Crippen LogP contribution in [-0.2, 0) is 22.7 Å². The van der Waals surface area contributed by atoms with Crippen LogP contribution in [0.5, 0.6) is 0 Å². The van der Waals surface area contributed by atoms with E-state index in [1.165, 1.54) is 12.1 Å². The Morgan fingerprint density at radius 3 is 2.40 bits per heavy atom. The van der Waals surface area contributed by atoms with Gasteiger partial charge in [-0.05, 0) is 52.9 Å². The maximum atomic E-state index is 13.4. The Hall–Kier alpha value is -4.37. The maximum Gasteiger partial charge on any atom is 0.255 e. The van der Waals surface area contributed by atoms with Gasteiger partial charge < -0.3 is 9.80 Å². The molecular formula is C31H29FN4O4. The first-order chi connectivity index (χ1) is 19.4. The van der Waals surface area contributed by atoms with Crippen molar-refractivity contribution in [2.45, 2.75) is 32.0 Å². The molecule has 1 atom stereocenters. The molecule has 3 aliphatic heterocycles. The van der Waals surface area contributed by atoms with Crippen molar-refractivity contribution in [2.75, 3.05) is 26.2 Å². The number of carbonyl (C=O) groups is 4. The number of halogens is 1. The number of hydrogen-bond donors (Lipinski definition) is 1. The molecule has 3 aliphatic rings. The number of fused-ring (bicyclic) bond motifs is 1. The fourth-order valence-electron chi connectivity index (χ4n) is 5.81. The molecular weight excluding hydrogens is 511 g/mol. The normalized spacial score (nSPS) is 19.5. The van der Waals surface area contributed by atoms with E-state index in [2.05, 4.69) is 10.2 Å². The van der Waals surface area contributed by atoms with Crippen molar-refractivity contribution in [3.05, 3.63) is 94.8 Å². The van der Waals surface area contributed by atoms with Gasteiger partial charge in [-0.3, -0.25) is 29.4 Å². The number of benzene rings is 3. The van der Waals surface area contributed by atoms with Gasteiger partial charge in [0.1, 0.15) is 11.9 Å². The number of imide groups is 1. The lowest BCUT2D eigenvalue weighted by atomic mass is 9.98. The number of rotatable bonds is 5. The van der Waals surface area contributed by atoms with E-state index in [9.17, 15) is 23.6 Å². The second kappa shape index (κ2) is 10.7. The van der Waals surface area contributed by atoms with Gasteiger partial charge in [0.15, 0.2) is 0 Å². The molecule has 3 heterocycles. The van der Waals surface area contributed by atoms with Crippen molar-refractivity contribution in [1.82, 2.24) is 20.0 Å². The van der Waals surface area contributed by atoms with Crippen LogP contribution in [0, 0.1) is 5.82 Å². The van der Waals surface area contributed by atoms with E-state index in [0.717, 1.165) is 22.3 Å². The van der Waals surface area contributed by atoms with Crippen LogP contribution in [0.2, 0.25) is 0 Å². The molecule has 0 radical (unpaired) electrons. The average Bonchev–Trinajstić information content (AvgIpc) is 3.28. The van der Waals surface area contributed by atoms with Crippen molar-refractivity contribution < 1.29 is 23.6 Å². The number of hydrogen-bond acceptors (Lipinski definition) is 5. The molecule has 1 unspecified atom stereocenters. The van der Waals surface area contributed by atoms with Crippen LogP contribution in [0.25, 0.3) is 11.1 Å². The molecule has 0 spiro atoms. The van der Waals surface area contributed by atoms with Crippen molar-refractivity contribution in [2.24, 2.45) is 0 Å². The molecule has 4 amide bonds. The summed E-state index contributed by atoms with van der Waals surface area (Å²) < 4.78 is 13.4. The summed E-state index contributed by atoms with van der Waals surface area (Å²) in [5, 5.41) is 2.33. The highest BCUT2D eigenvalue weighted by Crippen LogP contribution is 2.29. The minimum atomic E-state index is -0.625. The molecule has 0 aromatic heterocycles. The van der Waals surface area contributed by atoms with Crippen LogP contribution < -0.4 is 5.32 Å². The van der Waals surface area contributed by atoms with Crippen LogP contribution in [0.1, 0.15) is 44.7 Å². The number of nitrogens with one attached hydrogen (secondary N) is 1. The largest absolute Gasteiger partial charge is 0.336 e. The van der Waals surface area contributed by atoms with Crippen molar-refractivity contribution in [3.8, 4) is 11.1 Å². The van der Waals surface area contributed by atoms with Crippen LogP contribution in [0.3, 0.4) is 0 Å². The van der Waals surface area contributed by atoms with Gasteiger partial charge in [-0.2, -0.15) is 0 Å². The van der Waals surface area contributed by atoms with Crippen molar-refractivity contribution >= 4 is 23.6 Å². The highest BCUT2D eigenvalue weighted by atomic mass is 19.1. The fourth-order valence-corrected chi connectivity index (χ4v) is 5.81. The smallest absolute Gasteiger partial charge is 0.255 e. The summed E-state index contributed by atoms with van der Waals surface area (Å²) in [7, 11) is 0. The lowest BCUT2D eigenvalue weighted by Gasteiger charge is -2.35. The zero-order chi connectivity index (χ0) is 27.8. The predicted molar refractivity (Wildman–Crippen MR) is 146 cm³/mol. The Balaban J connectivity index is 1.08. The van der Waals surface area contributed by atoms with Crippen LogP contribution in [0.4, 0.5) is 4.39 Å². The first-order valence-corrected chi connectivity index (χ1v) is 13.5. The van der Waals surface area contributed by atoms with E-state index in [1.54, 1.807) is 17.0 Å². The van der Waals surface area contributed by atoms with E-state index in [1.807, 2.05) is 47.4 Å². The highest BCUT2D eigenvalue weighted by Gasteiger charge is 2.39. The standard InChI is InChI=1S/C31H29FN4O4/c32-23-8-6-21(7-9-23)24-3-1-2-4-26(24)30(39)35-15-13-34(14-16-35)18-20-5-10-25-22(17-20)19-36(31(25)40)27-11-12-28(37)33-29(27)38/h1-10,17,27H,11-16,18-19H2,(H,33,37,38). The van der Waals surface area contributed by atoms with Crippen LogP contribution in [0.15, 0.2) is 66.7 Å². The fraction of sp³-hybridized carbons (Fsp3) is 0.290. The topological polar surface area (TPSA) is 90.0 Å². The zero-order valence-corrected chi connectivity index (χ0v) is 21.9. The van der Waals surface area contributed by atoms with Gasteiger partial charge in [0.05, 0.1) is 0 Å². The van der Waals surface area contributed by atoms with Gasteiger partial charge in [-0.1, -0.05) is 42.5 Å². The molecule has 0 bridgehead atoms. The third-order valence-corrected chi connectivity index (χ3v) is 7.97. The highest BCUT2D eigenvalue weighted by molar-refractivity contribution is 6.05. The summed E-state index contributed by atoms with van der Waals surface area (Å²) >= 11 is 0. The van der Waals surface area contributed by atoms with Gasteiger partial charge >= 0.3 is 0 Å². The van der Waals surface area contributed by atoms with Crippen molar-refractivity contribution in [3.63, 3.8) is 0 Å². The molecule has 2 saturated heterocycles. The minimum Gasteiger partial charge on any atom is -0.336 e. The summed E-state index contributed by atoms with van der Waals surface area (Å²) in [6.45, 7) is 3.64. The Morgan fingerprint density at radius 1 is 0.900 bits per heavy atom. The minimum absolute atomic E-state index is 0.0378. The quantitative estimate of drug-likeness (QED) is 0.502. The van der Waals surface area contributed by atoms with Crippen LogP contribution in [-0.4, -0.2) is 70.5 Å². The summed E-state index contributed by atoms with van der Waals surface area (Å²) in [4.78, 5) is 55.9. The van der Waals surface area contributed by atoms with Crippen molar-refractivity contribution in [1.29, 1.82) is 0 Å². The lowest BCUT2D eigenvalue weighted by Crippen LogP contribution is -2.52. The first kappa shape index (κ1) is 25.9. The number of nitrogens with zero attached hydrogens (tertiary/aromatic N) is 3. The molecule has 0 aliphatic carbocycles. The molecule has 2 fully saturated rings. The Bertz CT molecular complexity index is 1500. The second-order valence-corrected chi connectivity index (χ2v) is 10.5. The SMILES string of the molecule is O=C1CCC(N2Cc3cc(CN4CCN(C(=O)c5ccccc5-c5ccc(F)cc5)CC4)ccc3C2=O)C(=O)N1. The molecule has 3 aromatic rings. The third-order valence-electron chi connectivity index (χ3n) is 7.97. The number of piperidine rings is 1. The van der Waals surface area contributed by atoms with E-state index in [-0.39, 0.29) is 30.0 Å². The zero-order valence-electron chi connectivity index (χ0n) is 21.9. The Labute approximate surface area is 231 Å². The van der Waals surface area contributed by atoms with Gasteiger partial charge in [0.25, 0.3) is 11.8 Å². The molecule has 9 heteroatoms. The maximum absolute atomic E-state index is 13.4. The summed E-state index contributed by atoms with van der Waals surface area (Å²) in [5.74, 6) is -1.24. The average molecular weight is 541 g/mol. The van der Waals surface area contributed by atoms with E-state index >= 15 is 0 Å². The van der Waals surface area contributed by atoms with Gasteiger partial charge in [-0.15, -0.1) is 0 Å². The molecule has 204 valence electrons. The molecule has 0 saturated carbocycles. The predicted octanol–water partition coefficient (Wildman–Crippen LogP) is 3.21. The van der Waals surface area contributed by atoms with Gasteiger partial charge in [-0.25, -0.2) is 4.39 Å². The second-order valence-electron chi connectivity index (χ2n) is 10.5. The van der Waals surface area contributed by atoms with Crippen LogP contribution >= 0.6 is 0 Å². The number of amides is 4. The number of piperazine rings is 1. The summed E-state index contributed by atoms with van der Waals surface area (Å²) in [6, 6.07) is 18.8. The molecule has 8 nitrogen and oxygen atoms in total. The summed E-state index contributed by atoms with van der Waals surface area (Å²) in [6.07, 6.45) is 0.572. The molecule has 40 heavy (non-hydrogen) atoms.